The summed E-state index contributed by atoms with van der Waals surface area (Å²) in [5.74, 6) is 0. The molecule has 1 N–H and O–H groups in total. The minimum absolute atomic E-state index is 0.941. The van der Waals surface area contributed by atoms with Crippen LogP contribution >= 0.6 is 15.9 Å². The Balaban J connectivity index is 2.34. The van der Waals surface area contributed by atoms with Gasteiger partial charge in [-0.2, -0.15) is 0 Å². The van der Waals surface area contributed by atoms with Crippen molar-refractivity contribution < 1.29 is 0 Å². The molecule has 0 fully saturated rings. The van der Waals surface area contributed by atoms with E-state index in [1.807, 2.05) is 7.05 Å². The first-order valence-electron chi connectivity index (χ1n) is 4.80. The highest BCUT2D eigenvalue weighted by Gasteiger charge is 1.97. The summed E-state index contributed by atoms with van der Waals surface area (Å²) in [6.45, 7) is 2.03. The fourth-order valence-corrected chi connectivity index (χ4v) is 1.58. The van der Waals surface area contributed by atoms with Gasteiger partial charge in [0.1, 0.15) is 0 Å². The first kappa shape index (κ1) is 11.7. The average molecular weight is 257 g/mol. The van der Waals surface area contributed by atoms with Gasteiger partial charge < -0.3 is 5.32 Å². The lowest BCUT2D eigenvalue weighted by molar-refractivity contribution is 0.321. The standard InChI is InChI=1S/C11H17BrN2/c1-13-9-14(2)8-7-10-3-5-11(12)6-4-10/h3-6,13H,7-9H2,1-2H3. The number of benzene rings is 1. The summed E-state index contributed by atoms with van der Waals surface area (Å²) in [6, 6.07) is 8.51. The van der Waals surface area contributed by atoms with Gasteiger partial charge >= 0.3 is 0 Å². The SMILES string of the molecule is CNCN(C)CCc1ccc(Br)cc1. The maximum atomic E-state index is 3.43. The van der Waals surface area contributed by atoms with Gasteiger partial charge in [0.15, 0.2) is 0 Å². The third-order valence-electron chi connectivity index (χ3n) is 2.12. The summed E-state index contributed by atoms with van der Waals surface area (Å²) in [5, 5.41) is 3.13. The molecule has 78 valence electrons. The van der Waals surface area contributed by atoms with Gasteiger partial charge in [0.05, 0.1) is 0 Å². The van der Waals surface area contributed by atoms with Crippen molar-refractivity contribution in [3.63, 3.8) is 0 Å². The summed E-state index contributed by atoms with van der Waals surface area (Å²) in [7, 11) is 4.09. The molecule has 3 heteroatoms. The molecule has 0 saturated carbocycles. The molecule has 0 heterocycles. The predicted molar refractivity (Wildman–Crippen MR) is 64.4 cm³/mol. The number of hydrogen-bond acceptors (Lipinski definition) is 2. The molecule has 0 unspecified atom stereocenters. The lowest BCUT2D eigenvalue weighted by Gasteiger charge is -2.15. The topological polar surface area (TPSA) is 15.3 Å². The van der Waals surface area contributed by atoms with Crippen LogP contribution in [0, 0.1) is 0 Å². The van der Waals surface area contributed by atoms with E-state index in [4.69, 9.17) is 0 Å². The largest absolute Gasteiger partial charge is 0.307 e. The Morgan fingerprint density at radius 1 is 1.29 bits per heavy atom. The molecule has 0 aliphatic carbocycles. The van der Waals surface area contributed by atoms with E-state index in [0.717, 1.165) is 24.1 Å². The van der Waals surface area contributed by atoms with E-state index >= 15 is 0 Å². The minimum Gasteiger partial charge on any atom is -0.307 e. The van der Waals surface area contributed by atoms with Gasteiger partial charge in [-0.1, -0.05) is 28.1 Å². The van der Waals surface area contributed by atoms with Crippen molar-refractivity contribution in [1.29, 1.82) is 0 Å². The van der Waals surface area contributed by atoms with Crippen molar-refractivity contribution in [2.24, 2.45) is 0 Å². The van der Waals surface area contributed by atoms with Crippen LogP contribution in [-0.4, -0.2) is 32.2 Å². The first-order chi connectivity index (χ1) is 6.72. The Hall–Kier alpha value is -0.380. The van der Waals surface area contributed by atoms with Gasteiger partial charge in [0.25, 0.3) is 0 Å². The fraction of sp³-hybridized carbons (Fsp3) is 0.455. The lowest BCUT2D eigenvalue weighted by atomic mass is 10.1. The number of nitrogens with zero attached hydrogens (tertiary/aromatic N) is 1. The molecule has 0 saturated heterocycles. The highest BCUT2D eigenvalue weighted by molar-refractivity contribution is 9.10. The van der Waals surface area contributed by atoms with Crippen LogP contribution < -0.4 is 5.32 Å². The molecular formula is C11H17BrN2. The Kier molecular flexibility index (Phi) is 5.15. The van der Waals surface area contributed by atoms with Crippen LogP contribution in [0.1, 0.15) is 5.56 Å². The van der Waals surface area contributed by atoms with Crippen molar-refractivity contribution in [3.05, 3.63) is 34.3 Å². The van der Waals surface area contributed by atoms with E-state index in [-0.39, 0.29) is 0 Å². The Morgan fingerprint density at radius 2 is 1.93 bits per heavy atom. The molecule has 0 aliphatic heterocycles. The second-order valence-corrected chi connectivity index (χ2v) is 4.38. The quantitative estimate of drug-likeness (QED) is 0.813. The highest BCUT2D eigenvalue weighted by atomic mass is 79.9. The van der Waals surface area contributed by atoms with E-state index in [2.05, 4.69) is 57.5 Å². The van der Waals surface area contributed by atoms with Crippen LogP contribution in [0.15, 0.2) is 28.7 Å². The molecule has 0 aromatic heterocycles. The zero-order chi connectivity index (χ0) is 10.4. The van der Waals surface area contributed by atoms with Crippen LogP contribution in [0.25, 0.3) is 0 Å². The van der Waals surface area contributed by atoms with Crippen LogP contribution in [-0.2, 0) is 6.42 Å². The normalized spacial score (nSPS) is 10.9. The van der Waals surface area contributed by atoms with Crippen molar-refractivity contribution in [3.8, 4) is 0 Å². The van der Waals surface area contributed by atoms with Gasteiger partial charge in [-0.3, -0.25) is 4.90 Å². The molecule has 0 radical (unpaired) electrons. The lowest BCUT2D eigenvalue weighted by Crippen LogP contribution is -2.30. The molecule has 0 amide bonds. The molecule has 1 aromatic carbocycles. The van der Waals surface area contributed by atoms with Gasteiger partial charge in [-0.15, -0.1) is 0 Å². The first-order valence-corrected chi connectivity index (χ1v) is 5.59. The molecule has 0 spiro atoms. The van der Waals surface area contributed by atoms with E-state index in [9.17, 15) is 0 Å². The summed E-state index contributed by atoms with van der Waals surface area (Å²) in [6.07, 6.45) is 1.10. The number of hydrogen-bond donors (Lipinski definition) is 1. The Labute approximate surface area is 94.4 Å². The molecule has 14 heavy (non-hydrogen) atoms. The van der Waals surface area contributed by atoms with Crippen LogP contribution in [0.3, 0.4) is 0 Å². The monoisotopic (exact) mass is 256 g/mol. The zero-order valence-electron chi connectivity index (χ0n) is 8.76. The number of likely N-dealkylation sites (N-methyl/N-ethyl adjacent to an activating group) is 1. The minimum atomic E-state index is 0.941. The average Bonchev–Trinajstić information content (AvgIpc) is 2.17. The molecule has 0 aliphatic rings. The second kappa shape index (κ2) is 6.17. The predicted octanol–water partition coefficient (Wildman–Crippen LogP) is 2.10. The number of halogens is 1. The van der Waals surface area contributed by atoms with Crippen LogP contribution in [0.2, 0.25) is 0 Å². The molecule has 1 rings (SSSR count). The van der Waals surface area contributed by atoms with Crippen molar-refractivity contribution >= 4 is 15.9 Å². The summed E-state index contributed by atoms with van der Waals surface area (Å²) in [5.41, 5.74) is 1.39. The molecule has 2 nitrogen and oxygen atoms in total. The van der Waals surface area contributed by atoms with Gasteiger partial charge in [0, 0.05) is 17.7 Å². The molecule has 0 bridgehead atoms. The summed E-state index contributed by atoms with van der Waals surface area (Å²) >= 11 is 3.43. The van der Waals surface area contributed by atoms with Crippen molar-refractivity contribution in [2.75, 3.05) is 27.3 Å². The highest BCUT2D eigenvalue weighted by Crippen LogP contribution is 2.10. The summed E-state index contributed by atoms with van der Waals surface area (Å²) in [4.78, 5) is 2.27. The number of nitrogens with one attached hydrogen (secondary N) is 1. The zero-order valence-corrected chi connectivity index (χ0v) is 10.3. The van der Waals surface area contributed by atoms with Gasteiger partial charge in [0.2, 0.25) is 0 Å². The van der Waals surface area contributed by atoms with Crippen LogP contribution in [0.5, 0.6) is 0 Å². The van der Waals surface area contributed by atoms with E-state index < -0.39 is 0 Å². The fourth-order valence-electron chi connectivity index (χ4n) is 1.32. The van der Waals surface area contributed by atoms with Crippen molar-refractivity contribution in [1.82, 2.24) is 10.2 Å². The molecular weight excluding hydrogens is 240 g/mol. The van der Waals surface area contributed by atoms with E-state index in [1.165, 1.54) is 5.56 Å². The smallest absolute Gasteiger partial charge is 0.0475 e. The maximum Gasteiger partial charge on any atom is 0.0475 e. The van der Waals surface area contributed by atoms with Crippen molar-refractivity contribution in [2.45, 2.75) is 6.42 Å². The van der Waals surface area contributed by atoms with E-state index in [1.54, 1.807) is 0 Å². The van der Waals surface area contributed by atoms with Gasteiger partial charge in [-0.25, -0.2) is 0 Å². The second-order valence-electron chi connectivity index (χ2n) is 3.47. The molecule has 1 aromatic rings. The third-order valence-corrected chi connectivity index (χ3v) is 2.65. The van der Waals surface area contributed by atoms with Crippen LogP contribution in [0.4, 0.5) is 0 Å². The Bertz CT molecular complexity index is 258. The third kappa shape index (κ3) is 4.22. The maximum absolute atomic E-state index is 3.43. The molecule has 0 atom stereocenters. The Morgan fingerprint density at radius 3 is 2.50 bits per heavy atom. The van der Waals surface area contributed by atoms with Gasteiger partial charge in [-0.05, 0) is 38.2 Å². The number of rotatable bonds is 5. The summed E-state index contributed by atoms with van der Waals surface area (Å²) < 4.78 is 1.14. The van der Waals surface area contributed by atoms with E-state index in [0.29, 0.717) is 0 Å².